The highest BCUT2D eigenvalue weighted by Crippen LogP contribution is 2.17. The highest BCUT2D eigenvalue weighted by molar-refractivity contribution is 7.09. The molecule has 156 valence electrons. The van der Waals surface area contributed by atoms with Crippen LogP contribution in [0.15, 0.2) is 64.4 Å². The number of fused-ring (bicyclic) bond motifs is 1. The predicted molar refractivity (Wildman–Crippen MR) is 118 cm³/mol. The lowest BCUT2D eigenvalue weighted by molar-refractivity contribution is -0.139. The van der Waals surface area contributed by atoms with Gasteiger partial charge in [0.2, 0.25) is 11.8 Å². The Morgan fingerprint density at radius 2 is 1.94 bits per heavy atom. The van der Waals surface area contributed by atoms with E-state index in [0.717, 1.165) is 16.8 Å². The van der Waals surface area contributed by atoms with E-state index in [4.69, 9.17) is 9.15 Å². The number of nitrogens with zero attached hydrogens (tertiary/aromatic N) is 2. The summed E-state index contributed by atoms with van der Waals surface area (Å²) in [5.74, 6) is -0.351. The first-order valence-corrected chi connectivity index (χ1v) is 10.4. The van der Waals surface area contributed by atoms with Gasteiger partial charge in [0.15, 0.2) is 5.58 Å². The van der Waals surface area contributed by atoms with Crippen LogP contribution in [0.3, 0.4) is 0 Å². The van der Waals surface area contributed by atoms with E-state index in [1.54, 1.807) is 11.4 Å². The molecule has 4 rings (SSSR count). The van der Waals surface area contributed by atoms with Crippen LogP contribution in [0.5, 0.6) is 0 Å². The van der Waals surface area contributed by atoms with Crippen molar-refractivity contribution < 1.29 is 18.7 Å². The summed E-state index contributed by atoms with van der Waals surface area (Å²) in [4.78, 5) is 32.8. The minimum atomic E-state index is -0.533. The summed E-state index contributed by atoms with van der Waals surface area (Å²) in [6.07, 6.45) is 2.88. The first kappa shape index (κ1) is 20.5. The highest BCUT2D eigenvalue weighted by atomic mass is 32.1. The molecule has 2 aromatic heterocycles. The Morgan fingerprint density at radius 1 is 1.13 bits per heavy atom. The lowest BCUT2D eigenvalue weighted by Gasteiger charge is -2.06. The van der Waals surface area contributed by atoms with Gasteiger partial charge in [0, 0.05) is 23.2 Å². The third-order valence-electron chi connectivity index (χ3n) is 4.36. The number of carbonyl (C=O) groups is 2. The number of oxazole rings is 1. The number of hydrogen-bond donors (Lipinski definition) is 1. The maximum atomic E-state index is 12.2. The molecular formula is C23H19N3O4S. The minimum absolute atomic E-state index is 0.0205. The largest absolute Gasteiger partial charge is 0.456 e. The van der Waals surface area contributed by atoms with Crippen molar-refractivity contribution in [3.8, 4) is 0 Å². The van der Waals surface area contributed by atoms with Gasteiger partial charge in [0.1, 0.15) is 17.1 Å². The molecule has 0 aliphatic heterocycles. The lowest BCUT2D eigenvalue weighted by Crippen LogP contribution is -2.15. The van der Waals surface area contributed by atoms with Crippen LogP contribution in [-0.4, -0.2) is 21.8 Å². The highest BCUT2D eigenvalue weighted by Gasteiger charge is 2.10. The molecule has 1 N–H and O–H groups in total. The second-order valence-corrected chi connectivity index (χ2v) is 7.68. The molecule has 1 amide bonds. The predicted octanol–water partition coefficient (Wildman–Crippen LogP) is 4.53. The number of carbonyl (C=O) groups excluding carboxylic acids is 2. The number of benzene rings is 2. The number of rotatable bonds is 7. The smallest absolute Gasteiger partial charge is 0.331 e. The number of hydrogen-bond acceptors (Lipinski definition) is 7. The van der Waals surface area contributed by atoms with Crippen LogP contribution in [0.4, 0.5) is 5.69 Å². The van der Waals surface area contributed by atoms with Gasteiger partial charge in [-0.2, -0.15) is 0 Å². The van der Waals surface area contributed by atoms with Gasteiger partial charge in [-0.1, -0.05) is 30.3 Å². The molecule has 0 radical (unpaired) electrons. The van der Waals surface area contributed by atoms with Crippen molar-refractivity contribution in [1.82, 2.24) is 9.97 Å². The van der Waals surface area contributed by atoms with E-state index in [9.17, 15) is 9.59 Å². The van der Waals surface area contributed by atoms with Crippen molar-refractivity contribution in [2.45, 2.75) is 20.0 Å². The molecule has 4 aromatic rings. The monoisotopic (exact) mass is 433 g/mol. The minimum Gasteiger partial charge on any atom is -0.456 e. The molecule has 7 nitrogen and oxygen atoms in total. The number of anilines is 1. The van der Waals surface area contributed by atoms with Crippen molar-refractivity contribution in [2.75, 3.05) is 5.32 Å². The molecule has 8 heteroatoms. The van der Waals surface area contributed by atoms with Crippen LogP contribution in [-0.2, 0) is 27.4 Å². The van der Waals surface area contributed by atoms with Crippen molar-refractivity contribution in [3.63, 3.8) is 0 Å². The summed E-state index contributed by atoms with van der Waals surface area (Å²) < 4.78 is 10.7. The summed E-state index contributed by atoms with van der Waals surface area (Å²) in [6, 6.07) is 14.9. The third-order valence-corrected chi connectivity index (χ3v) is 5.26. The average Bonchev–Trinajstić information content (AvgIpc) is 3.38. The number of thiazole rings is 1. The Hall–Kier alpha value is -3.78. The Kier molecular flexibility index (Phi) is 6.18. The molecular weight excluding hydrogens is 414 g/mol. The topological polar surface area (TPSA) is 94.3 Å². The van der Waals surface area contributed by atoms with Gasteiger partial charge in [0.05, 0.1) is 12.1 Å². The van der Waals surface area contributed by atoms with Gasteiger partial charge in [-0.05, 0) is 30.7 Å². The van der Waals surface area contributed by atoms with Gasteiger partial charge >= 0.3 is 5.97 Å². The molecule has 0 aliphatic rings. The van der Waals surface area contributed by atoms with Gasteiger partial charge in [-0.25, -0.2) is 14.8 Å². The fourth-order valence-corrected chi connectivity index (χ4v) is 3.61. The van der Waals surface area contributed by atoms with Crippen molar-refractivity contribution in [3.05, 3.63) is 82.1 Å². The molecule has 0 bridgehead atoms. The van der Waals surface area contributed by atoms with E-state index in [-0.39, 0.29) is 18.9 Å². The molecule has 0 fully saturated rings. The molecule has 0 unspecified atom stereocenters. The molecule has 31 heavy (non-hydrogen) atoms. The van der Waals surface area contributed by atoms with Gasteiger partial charge in [0.25, 0.3) is 0 Å². The van der Waals surface area contributed by atoms with Crippen LogP contribution in [0.2, 0.25) is 0 Å². The van der Waals surface area contributed by atoms with E-state index >= 15 is 0 Å². The first-order valence-electron chi connectivity index (χ1n) is 9.56. The average molecular weight is 433 g/mol. The second-order valence-electron chi connectivity index (χ2n) is 6.73. The van der Waals surface area contributed by atoms with Crippen LogP contribution in [0, 0.1) is 6.92 Å². The lowest BCUT2D eigenvalue weighted by atomic mass is 10.2. The zero-order chi connectivity index (χ0) is 21.6. The summed E-state index contributed by atoms with van der Waals surface area (Å²) >= 11 is 1.35. The van der Waals surface area contributed by atoms with Crippen LogP contribution >= 0.6 is 11.3 Å². The Labute approximate surface area is 182 Å². The van der Waals surface area contributed by atoms with E-state index < -0.39 is 5.97 Å². The standard InChI is InChI=1S/C23H19N3O4S/c1-15-6-2-3-7-17(15)25-20(27)12-22-24-16(14-31-22)13-29-23(28)11-10-21-26-18-8-4-5-9-19(18)30-21/h2-11,14H,12-13H2,1H3,(H,25,27)/b11-10+. The third kappa shape index (κ3) is 5.43. The fraction of sp³-hybridized carbons (Fsp3) is 0.130. The van der Waals surface area contributed by atoms with Crippen LogP contribution in [0.1, 0.15) is 22.2 Å². The van der Waals surface area contributed by atoms with Crippen molar-refractivity contribution in [2.24, 2.45) is 0 Å². The quantitative estimate of drug-likeness (QED) is 0.340. The molecule has 2 aromatic carbocycles. The number of ether oxygens (including phenoxy) is 1. The number of esters is 1. The number of nitrogens with one attached hydrogen (secondary N) is 1. The van der Waals surface area contributed by atoms with E-state index in [0.29, 0.717) is 22.2 Å². The van der Waals surface area contributed by atoms with Gasteiger partial charge in [-0.3, -0.25) is 4.79 Å². The molecule has 0 aliphatic carbocycles. The van der Waals surface area contributed by atoms with Crippen molar-refractivity contribution >= 4 is 46.1 Å². The molecule has 2 heterocycles. The van der Waals surface area contributed by atoms with E-state index in [1.165, 1.54) is 23.5 Å². The van der Waals surface area contributed by atoms with Crippen molar-refractivity contribution in [1.29, 1.82) is 0 Å². The normalized spacial score (nSPS) is 11.1. The fourth-order valence-electron chi connectivity index (χ4n) is 2.84. The number of aromatic nitrogens is 2. The van der Waals surface area contributed by atoms with E-state index in [1.807, 2.05) is 49.4 Å². The zero-order valence-corrected chi connectivity index (χ0v) is 17.5. The Bertz CT molecular complexity index is 1230. The molecule has 0 atom stereocenters. The maximum absolute atomic E-state index is 12.2. The SMILES string of the molecule is Cc1ccccc1NC(=O)Cc1nc(COC(=O)/C=C/c2nc3ccccc3o2)cs1. The molecule has 0 saturated heterocycles. The summed E-state index contributed by atoms with van der Waals surface area (Å²) in [6.45, 7) is 1.96. The summed E-state index contributed by atoms with van der Waals surface area (Å²) in [7, 11) is 0. The van der Waals surface area contributed by atoms with Crippen LogP contribution in [0.25, 0.3) is 17.2 Å². The van der Waals surface area contributed by atoms with E-state index in [2.05, 4.69) is 15.3 Å². The second kappa shape index (κ2) is 9.36. The Morgan fingerprint density at radius 3 is 2.77 bits per heavy atom. The Balaban J connectivity index is 1.27. The summed E-state index contributed by atoms with van der Waals surface area (Å²) in [5.41, 5.74) is 3.73. The number of para-hydroxylation sites is 3. The first-order chi connectivity index (χ1) is 15.1. The zero-order valence-electron chi connectivity index (χ0n) is 16.7. The summed E-state index contributed by atoms with van der Waals surface area (Å²) in [5, 5.41) is 5.30. The number of aryl methyl sites for hydroxylation is 1. The van der Waals surface area contributed by atoms with Gasteiger partial charge < -0.3 is 14.5 Å². The molecule has 0 saturated carbocycles. The van der Waals surface area contributed by atoms with Crippen LogP contribution < -0.4 is 5.32 Å². The number of amides is 1. The molecule has 0 spiro atoms. The van der Waals surface area contributed by atoms with Gasteiger partial charge in [-0.15, -0.1) is 11.3 Å². The maximum Gasteiger partial charge on any atom is 0.331 e.